The molecule has 0 fully saturated rings. The molecule has 2 aromatic carbocycles. The second-order valence-electron chi connectivity index (χ2n) is 7.19. The minimum Gasteiger partial charge on any atom is -0.467 e. The molecule has 3 rings (SSSR count). The smallest absolute Gasteiger partial charge is 0.252 e. The molecule has 0 saturated heterocycles. The average molecular weight is 377 g/mol. The molecular weight excluding hydrogens is 348 g/mol. The van der Waals surface area contributed by atoms with Gasteiger partial charge in [-0.3, -0.25) is 9.69 Å². The highest BCUT2D eigenvalue weighted by Crippen LogP contribution is 2.23. The largest absolute Gasteiger partial charge is 0.467 e. The van der Waals surface area contributed by atoms with E-state index in [9.17, 15) is 4.79 Å². The van der Waals surface area contributed by atoms with E-state index in [0.717, 1.165) is 18.7 Å². The van der Waals surface area contributed by atoms with Crippen molar-refractivity contribution in [3.63, 3.8) is 0 Å². The van der Waals surface area contributed by atoms with E-state index in [1.54, 1.807) is 6.26 Å². The summed E-state index contributed by atoms with van der Waals surface area (Å²) in [6, 6.07) is 21.6. The molecule has 1 heterocycles. The van der Waals surface area contributed by atoms with Crippen molar-refractivity contribution < 1.29 is 9.21 Å². The number of furan rings is 1. The first-order valence-electron chi connectivity index (χ1n) is 9.80. The van der Waals surface area contributed by atoms with E-state index in [0.29, 0.717) is 17.4 Å². The van der Waals surface area contributed by atoms with Crippen LogP contribution in [0.5, 0.6) is 0 Å². The summed E-state index contributed by atoms with van der Waals surface area (Å²) in [6.45, 7) is 8.45. The zero-order chi connectivity index (χ0) is 19.9. The van der Waals surface area contributed by atoms with Gasteiger partial charge in [0.25, 0.3) is 5.91 Å². The van der Waals surface area contributed by atoms with E-state index >= 15 is 0 Å². The molecule has 0 saturated carbocycles. The lowest BCUT2D eigenvalue weighted by Crippen LogP contribution is -2.30. The van der Waals surface area contributed by atoms with E-state index in [4.69, 9.17) is 4.42 Å². The van der Waals surface area contributed by atoms with Crippen LogP contribution in [0.3, 0.4) is 0 Å². The van der Waals surface area contributed by atoms with Gasteiger partial charge in [0.1, 0.15) is 11.8 Å². The second kappa shape index (κ2) is 9.38. The van der Waals surface area contributed by atoms with Gasteiger partial charge in [-0.1, -0.05) is 49.4 Å². The van der Waals surface area contributed by atoms with Gasteiger partial charge in [-0.25, -0.2) is 0 Å². The van der Waals surface area contributed by atoms with Crippen LogP contribution in [-0.2, 0) is 6.54 Å². The highest BCUT2D eigenvalue weighted by Gasteiger charge is 2.20. The topological polar surface area (TPSA) is 45.5 Å². The van der Waals surface area contributed by atoms with Gasteiger partial charge in [0.05, 0.1) is 6.26 Å². The molecule has 1 N–H and O–H groups in total. The molecule has 0 unspecified atom stereocenters. The van der Waals surface area contributed by atoms with Crippen molar-refractivity contribution in [1.29, 1.82) is 0 Å². The molecule has 1 aromatic heterocycles. The van der Waals surface area contributed by atoms with Crippen molar-refractivity contribution in [1.82, 2.24) is 10.2 Å². The zero-order valence-electron chi connectivity index (χ0n) is 16.8. The Balaban J connectivity index is 1.74. The van der Waals surface area contributed by atoms with E-state index in [2.05, 4.69) is 31.0 Å². The van der Waals surface area contributed by atoms with Gasteiger partial charge < -0.3 is 9.73 Å². The summed E-state index contributed by atoms with van der Waals surface area (Å²) in [5.74, 6) is 0.597. The Labute approximate surface area is 167 Å². The summed E-state index contributed by atoms with van der Waals surface area (Å²) >= 11 is 0. The Morgan fingerprint density at radius 2 is 1.71 bits per heavy atom. The van der Waals surface area contributed by atoms with Crippen LogP contribution in [0.25, 0.3) is 0 Å². The Hall–Kier alpha value is -2.85. The van der Waals surface area contributed by atoms with E-state index in [1.165, 1.54) is 5.56 Å². The van der Waals surface area contributed by atoms with Crippen LogP contribution >= 0.6 is 0 Å². The molecule has 1 amide bonds. The summed E-state index contributed by atoms with van der Waals surface area (Å²) in [6.07, 6.45) is 1.63. The summed E-state index contributed by atoms with van der Waals surface area (Å²) in [7, 11) is 0. The summed E-state index contributed by atoms with van der Waals surface area (Å²) < 4.78 is 5.56. The van der Waals surface area contributed by atoms with Gasteiger partial charge in [-0.15, -0.1) is 0 Å². The Bertz CT molecular complexity index is 855. The normalized spacial score (nSPS) is 12.3. The zero-order valence-corrected chi connectivity index (χ0v) is 16.8. The summed E-state index contributed by atoms with van der Waals surface area (Å²) in [5, 5.41) is 3.10. The number of hydrogen-bond acceptors (Lipinski definition) is 3. The predicted molar refractivity (Wildman–Crippen MR) is 112 cm³/mol. The number of carbonyl (C=O) groups is 1. The van der Waals surface area contributed by atoms with Crippen molar-refractivity contribution in [2.45, 2.75) is 39.4 Å². The predicted octanol–water partition coefficient (Wildman–Crippen LogP) is 5.03. The molecule has 4 heteroatoms. The molecule has 0 radical (unpaired) electrons. The third kappa shape index (κ3) is 4.90. The molecule has 0 aliphatic heterocycles. The first-order valence-corrected chi connectivity index (χ1v) is 9.80. The molecule has 146 valence electrons. The fourth-order valence-electron chi connectivity index (χ4n) is 3.29. The fraction of sp³-hybridized carbons (Fsp3) is 0.292. The van der Waals surface area contributed by atoms with Crippen LogP contribution in [0.2, 0.25) is 0 Å². The van der Waals surface area contributed by atoms with E-state index in [1.807, 2.05) is 66.7 Å². The van der Waals surface area contributed by atoms with Gasteiger partial charge in [-0.05, 0) is 55.8 Å². The fourth-order valence-corrected chi connectivity index (χ4v) is 3.29. The van der Waals surface area contributed by atoms with E-state index in [-0.39, 0.29) is 11.9 Å². The van der Waals surface area contributed by atoms with Crippen molar-refractivity contribution in [2.75, 3.05) is 6.54 Å². The van der Waals surface area contributed by atoms with Crippen molar-refractivity contribution in [3.8, 4) is 0 Å². The maximum Gasteiger partial charge on any atom is 0.252 e. The second-order valence-corrected chi connectivity index (χ2v) is 7.19. The Kier molecular flexibility index (Phi) is 6.66. The third-order valence-corrected chi connectivity index (χ3v) is 4.97. The molecule has 0 spiro atoms. The van der Waals surface area contributed by atoms with Crippen LogP contribution < -0.4 is 5.32 Å². The number of hydrogen-bond donors (Lipinski definition) is 1. The van der Waals surface area contributed by atoms with E-state index < -0.39 is 0 Å². The monoisotopic (exact) mass is 376 g/mol. The van der Waals surface area contributed by atoms with Crippen LogP contribution in [-0.4, -0.2) is 23.4 Å². The summed E-state index contributed by atoms with van der Waals surface area (Å²) in [5.41, 5.74) is 2.83. The highest BCUT2D eigenvalue weighted by atomic mass is 16.3. The molecule has 1 atom stereocenters. The Morgan fingerprint density at radius 3 is 2.29 bits per heavy atom. The SMILES string of the molecule is CCN(Cc1ccc(C(=O)N[C@H](c2ccccc2)c2ccco2)cc1)C(C)C. The minimum atomic E-state index is -0.320. The molecule has 28 heavy (non-hydrogen) atoms. The molecule has 3 aromatic rings. The lowest BCUT2D eigenvalue weighted by molar-refractivity contribution is 0.0939. The number of nitrogens with one attached hydrogen (secondary N) is 1. The molecule has 0 aliphatic carbocycles. The minimum absolute atomic E-state index is 0.118. The number of nitrogens with zero attached hydrogens (tertiary/aromatic N) is 1. The first kappa shape index (κ1) is 19.9. The maximum absolute atomic E-state index is 12.9. The molecular formula is C24H28N2O2. The number of carbonyl (C=O) groups excluding carboxylic acids is 1. The van der Waals surface area contributed by atoms with Gasteiger partial charge in [-0.2, -0.15) is 0 Å². The third-order valence-electron chi connectivity index (χ3n) is 4.97. The van der Waals surface area contributed by atoms with Gasteiger partial charge in [0.2, 0.25) is 0 Å². The molecule has 0 aliphatic rings. The first-order chi connectivity index (χ1) is 13.6. The van der Waals surface area contributed by atoms with Crippen LogP contribution in [0, 0.1) is 0 Å². The highest BCUT2D eigenvalue weighted by molar-refractivity contribution is 5.94. The average Bonchev–Trinajstić information content (AvgIpc) is 3.25. The van der Waals surface area contributed by atoms with Crippen LogP contribution in [0.4, 0.5) is 0 Å². The van der Waals surface area contributed by atoms with Crippen molar-refractivity contribution in [3.05, 3.63) is 95.4 Å². The number of rotatable bonds is 8. The van der Waals surface area contributed by atoms with Gasteiger partial charge in [0.15, 0.2) is 0 Å². The molecule has 4 nitrogen and oxygen atoms in total. The van der Waals surface area contributed by atoms with Gasteiger partial charge in [0, 0.05) is 18.2 Å². The number of benzene rings is 2. The Morgan fingerprint density at radius 1 is 1.00 bits per heavy atom. The lowest BCUT2D eigenvalue weighted by Gasteiger charge is -2.24. The van der Waals surface area contributed by atoms with Crippen molar-refractivity contribution in [2.24, 2.45) is 0 Å². The van der Waals surface area contributed by atoms with Crippen LogP contribution in [0.15, 0.2) is 77.4 Å². The van der Waals surface area contributed by atoms with Crippen LogP contribution in [0.1, 0.15) is 54.1 Å². The maximum atomic E-state index is 12.9. The lowest BCUT2D eigenvalue weighted by atomic mass is 10.0. The standard InChI is InChI=1S/C24H28N2O2/c1-4-26(18(2)3)17-19-12-14-21(15-13-19)24(27)25-23(22-11-8-16-28-22)20-9-6-5-7-10-20/h5-16,18,23H,4,17H2,1-3H3,(H,25,27)/t23-/m1/s1. The van der Waals surface area contributed by atoms with Gasteiger partial charge >= 0.3 is 0 Å². The molecule has 0 bridgehead atoms. The summed E-state index contributed by atoms with van der Waals surface area (Å²) in [4.78, 5) is 15.2. The number of amides is 1. The quantitative estimate of drug-likeness (QED) is 0.600. The van der Waals surface area contributed by atoms with Crippen molar-refractivity contribution >= 4 is 5.91 Å².